The molecule has 108 valence electrons. The highest BCUT2D eigenvalue weighted by Crippen LogP contribution is 2.25. The van der Waals surface area contributed by atoms with Crippen LogP contribution in [-0.4, -0.2) is 26.6 Å². The van der Waals surface area contributed by atoms with Crippen LogP contribution in [0.25, 0.3) is 10.9 Å². The minimum absolute atomic E-state index is 0.116. The van der Waals surface area contributed by atoms with Crippen LogP contribution in [-0.2, 0) is 18.4 Å². The Morgan fingerprint density at radius 3 is 2.75 bits per heavy atom. The van der Waals surface area contributed by atoms with Crippen molar-refractivity contribution >= 4 is 22.7 Å². The Bertz CT molecular complexity index is 641. The largest absolute Gasteiger partial charge is 0.444 e. The number of aliphatic hydroxyl groups excluding tert-OH is 1. The molecule has 0 aliphatic rings. The second-order valence-corrected chi connectivity index (χ2v) is 5.66. The molecule has 0 aliphatic carbocycles. The van der Waals surface area contributed by atoms with Crippen LogP contribution in [0.4, 0.5) is 10.5 Å². The number of amides is 1. The first-order valence-corrected chi connectivity index (χ1v) is 6.35. The van der Waals surface area contributed by atoms with Gasteiger partial charge in [0.1, 0.15) is 5.60 Å². The van der Waals surface area contributed by atoms with Crippen molar-refractivity contribution in [2.24, 2.45) is 7.05 Å². The highest BCUT2D eigenvalue weighted by Gasteiger charge is 2.17. The SMILES string of the molecule is Cn1cc2c(NC(=O)OC(C)(C)C)cc(CO)cc2n1. The maximum atomic E-state index is 11.9. The number of aryl methyl sites for hydroxylation is 1. The molecule has 0 aliphatic heterocycles. The van der Waals surface area contributed by atoms with Crippen LogP contribution in [0, 0.1) is 0 Å². The predicted octanol–water partition coefficient (Wildman–Crippen LogP) is 2.41. The van der Waals surface area contributed by atoms with Gasteiger partial charge in [-0.05, 0) is 38.5 Å². The number of ether oxygens (including phenoxy) is 1. The van der Waals surface area contributed by atoms with Gasteiger partial charge in [0.25, 0.3) is 0 Å². The molecule has 2 aromatic rings. The zero-order valence-electron chi connectivity index (χ0n) is 12.1. The van der Waals surface area contributed by atoms with Crippen LogP contribution in [0.5, 0.6) is 0 Å². The number of aromatic nitrogens is 2. The van der Waals surface area contributed by atoms with Gasteiger partial charge in [0.05, 0.1) is 17.8 Å². The summed E-state index contributed by atoms with van der Waals surface area (Å²) in [6, 6.07) is 3.50. The van der Waals surface area contributed by atoms with E-state index in [4.69, 9.17) is 4.74 Å². The summed E-state index contributed by atoms with van der Waals surface area (Å²) in [6.45, 7) is 5.29. The first kappa shape index (κ1) is 14.3. The van der Waals surface area contributed by atoms with E-state index in [9.17, 15) is 9.90 Å². The number of hydrogen-bond donors (Lipinski definition) is 2. The zero-order chi connectivity index (χ0) is 14.9. The third-order valence-corrected chi connectivity index (χ3v) is 2.62. The molecule has 0 fully saturated rings. The van der Waals surface area contributed by atoms with E-state index >= 15 is 0 Å². The standard InChI is InChI=1S/C14H19N3O3/c1-14(2,3)20-13(19)15-11-5-9(8-18)6-12-10(11)7-17(4)16-12/h5-7,18H,8H2,1-4H3,(H,15,19). The highest BCUT2D eigenvalue weighted by atomic mass is 16.6. The molecular weight excluding hydrogens is 258 g/mol. The Balaban J connectivity index is 2.35. The van der Waals surface area contributed by atoms with Crippen molar-refractivity contribution < 1.29 is 14.6 Å². The van der Waals surface area contributed by atoms with Crippen LogP contribution >= 0.6 is 0 Å². The van der Waals surface area contributed by atoms with Crippen molar-refractivity contribution in [3.05, 3.63) is 23.9 Å². The molecule has 2 N–H and O–H groups in total. The number of hydrogen-bond acceptors (Lipinski definition) is 4. The third kappa shape index (κ3) is 3.27. The summed E-state index contributed by atoms with van der Waals surface area (Å²) in [5, 5.41) is 17.1. The monoisotopic (exact) mass is 277 g/mol. The highest BCUT2D eigenvalue weighted by molar-refractivity contribution is 5.99. The van der Waals surface area contributed by atoms with Gasteiger partial charge in [0, 0.05) is 18.6 Å². The fourth-order valence-electron chi connectivity index (χ4n) is 1.91. The number of anilines is 1. The van der Waals surface area contributed by atoms with Crippen LogP contribution < -0.4 is 5.32 Å². The minimum Gasteiger partial charge on any atom is -0.444 e. The van der Waals surface area contributed by atoms with Crippen molar-refractivity contribution in [2.75, 3.05) is 5.32 Å². The van der Waals surface area contributed by atoms with Crippen LogP contribution in [0.2, 0.25) is 0 Å². The summed E-state index contributed by atoms with van der Waals surface area (Å²) >= 11 is 0. The number of benzene rings is 1. The fourth-order valence-corrected chi connectivity index (χ4v) is 1.91. The molecule has 1 aromatic heterocycles. The number of rotatable bonds is 2. The summed E-state index contributed by atoms with van der Waals surface area (Å²) in [7, 11) is 1.80. The minimum atomic E-state index is -0.563. The zero-order valence-corrected chi connectivity index (χ0v) is 12.1. The average molecular weight is 277 g/mol. The molecule has 2 rings (SSSR count). The lowest BCUT2D eigenvalue weighted by Gasteiger charge is -2.20. The summed E-state index contributed by atoms with van der Waals surface area (Å²) in [5.41, 5.74) is 1.41. The molecule has 0 saturated carbocycles. The molecule has 6 nitrogen and oxygen atoms in total. The molecule has 1 heterocycles. The van der Waals surface area contributed by atoms with Gasteiger partial charge < -0.3 is 9.84 Å². The van der Waals surface area contributed by atoms with Gasteiger partial charge in [-0.1, -0.05) is 0 Å². The maximum absolute atomic E-state index is 11.9. The van der Waals surface area contributed by atoms with Gasteiger partial charge in [-0.15, -0.1) is 0 Å². The smallest absolute Gasteiger partial charge is 0.412 e. The number of nitrogens with one attached hydrogen (secondary N) is 1. The third-order valence-electron chi connectivity index (χ3n) is 2.62. The van der Waals surface area contributed by atoms with E-state index in [0.717, 1.165) is 5.39 Å². The van der Waals surface area contributed by atoms with E-state index in [2.05, 4.69) is 10.4 Å². The number of aliphatic hydroxyl groups is 1. The molecule has 0 spiro atoms. The lowest BCUT2D eigenvalue weighted by molar-refractivity contribution is 0.0636. The molecule has 0 atom stereocenters. The summed E-state index contributed by atoms with van der Waals surface area (Å²) < 4.78 is 6.89. The molecule has 0 saturated heterocycles. The lowest BCUT2D eigenvalue weighted by Crippen LogP contribution is -2.27. The lowest BCUT2D eigenvalue weighted by atomic mass is 10.1. The number of fused-ring (bicyclic) bond motifs is 1. The van der Waals surface area contributed by atoms with Gasteiger partial charge in [0.2, 0.25) is 0 Å². The summed E-state index contributed by atoms with van der Waals surface area (Å²) in [5.74, 6) is 0. The van der Waals surface area contributed by atoms with E-state index in [0.29, 0.717) is 16.8 Å². The predicted molar refractivity (Wildman–Crippen MR) is 76.5 cm³/mol. The molecule has 20 heavy (non-hydrogen) atoms. The number of carbonyl (C=O) groups excluding carboxylic acids is 1. The molecule has 0 bridgehead atoms. The van der Waals surface area contributed by atoms with Gasteiger partial charge in [-0.25, -0.2) is 4.79 Å². The quantitative estimate of drug-likeness (QED) is 0.883. The van der Waals surface area contributed by atoms with E-state index < -0.39 is 11.7 Å². The maximum Gasteiger partial charge on any atom is 0.412 e. The Labute approximate surface area is 117 Å². The van der Waals surface area contributed by atoms with E-state index in [1.54, 1.807) is 44.6 Å². The summed E-state index contributed by atoms with van der Waals surface area (Å²) in [4.78, 5) is 11.9. The van der Waals surface area contributed by atoms with E-state index in [1.165, 1.54) is 0 Å². The molecule has 6 heteroatoms. The van der Waals surface area contributed by atoms with Crippen molar-refractivity contribution in [1.29, 1.82) is 0 Å². The van der Waals surface area contributed by atoms with Crippen LogP contribution in [0.3, 0.4) is 0 Å². The fraction of sp³-hybridized carbons (Fsp3) is 0.429. The normalized spacial score (nSPS) is 11.7. The molecule has 0 unspecified atom stereocenters. The topological polar surface area (TPSA) is 76.4 Å². The van der Waals surface area contributed by atoms with Crippen molar-refractivity contribution in [1.82, 2.24) is 9.78 Å². The van der Waals surface area contributed by atoms with Gasteiger partial charge in [0.15, 0.2) is 0 Å². The Hall–Kier alpha value is -2.08. The number of carbonyl (C=O) groups is 1. The molecule has 1 amide bonds. The van der Waals surface area contributed by atoms with Gasteiger partial charge in [-0.2, -0.15) is 5.10 Å². The summed E-state index contributed by atoms with van der Waals surface area (Å²) in [6.07, 6.45) is 1.28. The average Bonchev–Trinajstić information content (AvgIpc) is 2.66. The van der Waals surface area contributed by atoms with E-state index in [1.807, 2.05) is 6.20 Å². The van der Waals surface area contributed by atoms with Crippen LogP contribution in [0.15, 0.2) is 18.3 Å². The molecule has 0 radical (unpaired) electrons. The van der Waals surface area contributed by atoms with E-state index in [-0.39, 0.29) is 6.61 Å². The van der Waals surface area contributed by atoms with Crippen molar-refractivity contribution in [2.45, 2.75) is 33.0 Å². The first-order chi connectivity index (χ1) is 9.28. The molecule has 1 aromatic carbocycles. The number of nitrogens with zero attached hydrogens (tertiary/aromatic N) is 2. The Morgan fingerprint density at radius 2 is 2.15 bits per heavy atom. The van der Waals surface area contributed by atoms with Crippen molar-refractivity contribution in [3.8, 4) is 0 Å². The molecular formula is C14H19N3O3. The Morgan fingerprint density at radius 1 is 1.45 bits per heavy atom. The Kier molecular flexibility index (Phi) is 3.67. The second kappa shape index (κ2) is 5.13. The van der Waals surface area contributed by atoms with Gasteiger partial charge in [-0.3, -0.25) is 10.00 Å². The van der Waals surface area contributed by atoms with Crippen LogP contribution in [0.1, 0.15) is 26.3 Å². The van der Waals surface area contributed by atoms with Gasteiger partial charge >= 0.3 is 6.09 Å². The van der Waals surface area contributed by atoms with Crippen molar-refractivity contribution in [3.63, 3.8) is 0 Å². The second-order valence-electron chi connectivity index (χ2n) is 5.66. The first-order valence-electron chi connectivity index (χ1n) is 6.35.